The molecule has 0 amide bonds. The first kappa shape index (κ1) is 13.8. The van der Waals surface area contributed by atoms with Gasteiger partial charge in [0.25, 0.3) is 0 Å². The topological polar surface area (TPSA) is 26.5 Å². The molecule has 0 radical (unpaired) electrons. The van der Waals surface area contributed by atoms with Gasteiger partial charge in [0.05, 0.1) is 29.2 Å². The number of hydrogen-bond acceptors (Lipinski definition) is 2. The van der Waals surface area contributed by atoms with Gasteiger partial charge in [0.15, 0.2) is 5.65 Å². The van der Waals surface area contributed by atoms with E-state index in [0.717, 1.165) is 27.1 Å². The van der Waals surface area contributed by atoms with Crippen LogP contribution in [0.2, 0.25) is 0 Å². The van der Waals surface area contributed by atoms with E-state index in [-0.39, 0.29) is 5.82 Å². The van der Waals surface area contributed by atoms with Crippen molar-refractivity contribution in [2.45, 2.75) is 0 Å². The van der Waals surface area contributed by atoms with Gasteiger partial charge in [0, 0.05) is 11.8 Å². The Bertz CT molecular complexity index is 809. The molecule has 3 rings (SSSR count). The number of aromatic nitrogens is 2. The Balaban J connectivity index is 2.27. The molecule has 3 nitrogen and oxygen atoms in total. The molecule has 0 saturated heterocycles. The average molecular weight is 347 g/mol. The largest absolute Gasteiger partial charge is 0.504 e. The first-order chi connectivity index (χ1) is 10.2. The predicted molar refractivity (Wildman–Crippen MR) is 84.3 cm³/mol. The summed E-state index contributed by atoms with van der Waals surface area (Å²) in [6.45, 7) is 0. The van der Waals surface area contributed by atoms with Crippen molar-refractivity contribution in [1.82, 2.24) is 9.38 Å². The number of fused-ring (bicyclic) bond motifs is 1. The Morgan fingerprint density at radius 1 is 1.24 bits per heavy atom. The third-order valence-corrected chi connectivity index (χ3v) is 3.74. The molecule has 2 aromatic heterocycles. The number of ether oxygens (including phenoxy) is 1. The average Bonchev–Trinajstić information content (AvgIpc) is 2.86. The van der Waals surface area contributed by atoms with Gasteiger partial charge in [0.1, 0.15) is 5.82 Å². The zero-order chi connectivity index (χ0) is 14.8. The standard InChI is InChI=1S/C16H12BrFN2O/c1-21-10-8-14-15(11-4-6-12(18)7-5-11)19-16-13(17)3-2-9-20(14)16/h2-10H,1H3/b10-8+. The second-order valence-electron chi connectivity index (χ2n) is 4.44. The number of benzene rings is 1. The van der Waals surface area contributed by atoms with E-state index in [9.17, 15) is 4.39 Å². The van der Waals surface area contributed by atoms with Crippen LogP contribution in [-0.2, 0) is 4.74 Å². The lowest BCUT2D eigenvalue weighted by Gasteiger charge is -2.01. The van der Waals surface area contributed by atoms with Gasteiger partial charge in [-0.25, -0.2) is 9.37 Å². The van der Waals surface area contributed by atoms with Crippen LogP contribution in [0.3, 0.4) is 0 Å². The van der Waals surface area contributed by atoms with E-state index in [1.807, 2.05) is 28.8 Å². The van der Waals surface area contributed by atoms with Crippen LogP contribution >= 0.6 is 15.9 Å². The third kappa shape index (κ3) is 2.56. The lowest BCUT2D eigenvalue weighted by molar-refractivity contribution is 0.341. The number of nitrogens with zero attached hydrogens (tertiary/aromatic N) is 2. The summed E-state index contributed by atoms with van der Waals surface area (Å²) in [5.74, 6) is -0.266. The number of pyridine rings is 1. The maximum Gasteiger partial charge on any atom is 0.152 e. The number of halogens is 2. The summed E-state index contributed by atoms with van der Waals surface area (Å²) < 4.78 is 21.0. The van der Waals surface area contributed by atoms with Crippen LogP contribution in [0.4, 0.5) is 4.39 Å². The van der Waals surface area contributed by atoms with Crippen LogP contribution in [0, 0.1) is 5.82 Å². The van der Waals surface area contributed by atoms with E-state index in [1.54, 1.807) is 25.5 Å². The molecule has 106 valence electrons. The Labute approximate surface area is 129 Å². The van der Waals surface area contributed by atoms with Gasteiger partial charge < -0.3 is 4.74 Å². The number of methoxy groups -OCH3 is 1. The lowest BCUT2D eigenvalue weighted by Crippen LogP contribution is -1.88. The summed E-state index contributed by atoms with van der Waals surface area (Å²) >= 11 is 3.50. The molecule has 1 aromatic carbocycles. The van der Waals surface area contributed by atoms with E-state index in [1.165, 1.54) is 12.1 Å². The molecule has 0 fully saturated rings. The van der Waals surface area contributed by atoms with Gasteiger partial charge in [0.2, 0.25) is 0 Å². The molecule has 3 aromatic rings. The van der Waals surface area contributed by atoms with Crippen molar-refractivity contribution in [3.63, 3.8) is 0 Å². The number of rotatable bonds is 3. The van der Waals surface area contributed by atoms with Gasteiger partial charge in [-0.15, -0.1) is 0 Å². The fraction of sp³-hybridized carbons (Fsp3) is 0.0625. The fourth-order valence-electron chi connectivity index (χ4n) is 2.16. The van der Waals surface area contributed by atoms with Gasteiger partial charge in [-0.3, -0.25) is 4.40 Å². The van der Waals surface area contributed by atoms with E-state index in [0.29, 0.717) is 0 Å². The summed E-state index contributed by atoms with van der Waals surface area (Å²) in [5, 5.41) is 0. The summed E-state index contributed by atoms with van der Waals surface area (Å²) in [6, 6.07) is 10.2. The highest BCUT2D eigenvalue weighted by molar-refractivity contribution is 9.10. The molecule has 21 heavy (non-hydrogen) atoms. The van der Waals surface area contributed by atoms with Crippen LogP contribution in [0.25, 0.3) is 23.0 Å². The van der Waals surface area contributed by atoms with Crippen LogP contribution in [0.15, 0.2) is 53.3 Å². The van der Waals surface area contributed by atoms with Crippen LogP contribution in [-0.4, -0.2) is 16.5 Å². The predicted octanol–water partition coefficient (Wildman–Crippen LogP) is 4.52. The zero-order valence-electron chi connectivity index (χ0n) is 11.3. The molecule has 0 atom stereocenters. The van der Waals surface area contributed by atoms with E-state index < -0.39 is 0 Å². The molecule has 5 heteroatoms. The minimum atomic E-state index is -0.266. The molecule has 0 N–H and O–H groups in total. The molecule has 0 aliphatic carbocycles. The summed E-state index contributed by atoms with van der Waals surface area (Å²) in [7, 11) is 1.59. The Hall–Kier alpha value is -2.14. The minimum absolute atomic E-state index is 0.266. The molecule has 0 aliphatic rings. The summed E-state index contributed by atoms with van der Waals surface area (Å²) in [5.41, 5.74) is 3.30. The normalized spacial score (nSPS) is 11.4. The molecule has 0 unspecified atom stereocenters. The molecule has 0 saturated carbocycles. The van der Waals surface area contributed by atoms with E-state index >= 15 is 0 Å². The van der Waals surface area contributed by atoms with Crippen molar-refractivity contribution in [3.8, 4) is 11.3 Å². The monoisotopic (exact) mass is 346 g/mol. The second-order valence-corrected chi connectivity index (χ2v) is 5.30. The quantitative estimate of drug-likeness (QED) is 0.652. The van der Waals surface area contributed by atoms with Crippen LogP contribution in [0.1, 0.15) is 5.69 Å². The minimum Gasteiger partial charge on any atom is -0.504 e. The second kappa shape index (κ2) is 5.69. The van der Waals surface area contributed by atoms with Gasteiger partial charge in [-0.1, -0.05) is 0 Å². The highest BCUT2D eigenvalue weighted by Crippen LogP contribution is 2.28. The Morgan fingerprint density at radius 3 is 2.71 bits per heavy atom. The zero-order valence-corrected chi connectivity index (χ0v) is 12.8. The Morgan fingerprint density at radius 2 is 2.00 bits per heavy atom. The van der Waals surface area contributed by atoms with Crippen molar-refractivity contribution in [1.29, 1.82) is 0 Å². The van der Waals surface area contributed by atoms with E-state index in [4.69, 9.17) is 4.74 Å². The van der Waals surface area contributed by atoms with Gasteiger partial charge in [-0.2, -0.15) is 0 Å². The molecular weight excluding hydrogens is 335 g/mol. The van der Waals surface area contributed by atoms with Crippen LogP contribution < -0.4 is 0 Å². The van der Waals surface area contributed by atoms with Gasteiger partial charge in [-0.05, 0) is 58.4 Å². The third-order valence-electron chi connectivity index (χ3n) is 3.12. The fourth-order valence-corrected chi connectivity index (χ4v) is 2.60. The van der Waals surface area contributed by atoms with Crippen molar-refractivity contribution in [2.24, 2.45) is 0 Å². The van der Waals surface area contributed by atoms with Crippen molar-refractivity contribution >= 4 is 27.7 Å². The Kier molecular flexibility index (Phi) is 3.75. The highest BCUT2D eigenvalue weighted by Gasteiger charge is 2.13. The molecule has 0 aliphatic heterocycles. The lowest BCUT2D eigenvalue weighted by atomic mass is 10.1. The molecule has 2 heterocycles. The van der Waals surface area contributed by atoms with Crippen molar-refractivity contribution < 1.29 is 9.13 Å². The number of imidazole rings is 1. The summed E-state index contributed by atoms with van der Waals surface area (Å²) in [4.78, 5) is 4.65. The first-order valence-corrected chi connectivity index (χ1v) is 7.12. The SMILES string of the molecule is CO/C=C/c1c(-c2ccc(F)cc2)nc2c(Br)cccn12. The maximum absolute atomic E-state index is 13.1. The van der Waals surface area contributed by atoms with Crippen LogP contribution in [0.5, 0.6) is 0 Å². The van der Waals surface area contributed by atoms with E-state index in [2.05, 4.69) is 20.9 Å². The van der Waals surface area contributed by atoms with Gasteiger partial charge >= 0.3 is 0 Å². The van der Waals surface area contributed by atoms with Crippen molar-refractivity contribution in [2.75, 3.05) is 7.11 Å². The maximum atomic E-state index is 13.1. The molecular formula is C16H12BrFN2O. The summed E-state index contributed by atoms with van der Waals surface area (Å²) in [6.07, 6.45) is 5.36. The first-order valence-electron chi connectivity index (χ1n) is 6.32. The molecule has 0 spiro atoms. The van der Waals surface area contributed by atoms with Crippen molar-refractivity contribution in [3.05, 3.63) is 64.8 Å². The molecule has 0 bridgehead atoms. The smallest absolute Gasteiger partial charge is 0.152 e. The highest BCUT2D eigenvalue weighted by atomic mass is 79.9. The number of hydrogen-bond donors (Lipinski definition) is 0.